The van der Waals surface area contributed by atoms with E-state index in [-0.39, 0.29) is 21.1 Å². The van der Waals surface area contributed by atoms with Gasteiger partial charge in [-0.1, -0.05) is 11.6 Å². The first kappa shape index (κ1) is 11.8. The smallest absolute Gasteiger partial charge is 0.239 e. The van der Waals surface area contributed by atoms with Crippen molar-refractivity contribution in [2.24, 2.45) is 0 Å². The second-order valence-corrected chi connectivity index (χ2v) is 3.90. The van der Waals surface area contributed by atoms with Crippen molar-refractivity contribution in [1.82, 2.24) is 0 Å². The molecule has 14 heavy (non-hydrogen) atoms. The minimum Gasteiger partial charge on any atom is -0.325 e. The molecule has 1 N–H and O–H groups in total. The highest BCUT2D eigenvalue weighted by atomic mass is 79.9. The van der Waals surface area contributed by atoms with Gasteiger partial charge in [-0.3, -0.25) is 4.79 Å². The van der Waals surface area contributed by atoms with Gasteiger partial charge in [0.2, 0.25) is 5.91 Å². The number of carbonyl (C=O) groups is 1. The van der Waals surface area contributed by atoms with E-state index in [2.05, 4.69) is 21.2 Å². The van der Waals surface area contributed by atoms with Crippen LogP contribution in [0.25, 0.3) is 0 Å². The average Bonchev–Trinajstić information content (AvgIpc) is 2.14. The molecule has 0 saturated heterocycles. The van der Waals surface area contributed by atoms with E-state index < -0.39 is 11.7 Å². The first-order valence-electron chi connectivity index (χ1n) is 3.55. The van der Waals surface area contributed by atoms with E-state index in [0.717, 1.165) is 6.07 Å². The lowest BCUT2D eigenvalue weighted by Crippen LogP contribution is -2.12. The summed E-state index contributed by atoms with van der Waals surface area (Å²) in [4.78, 5) is 10.9. The topological polar surface area (TPSA) is 29.1 Å². The average molecular weight is 301 g/mol. The highest BCUT2D eigenvalue weighted by molar-refractivity contribution is 9.10. The number of halogens is 4. The summed E-state index contributed by atoms with van der Waals surface area (Å²) in [7, 11) is 0. The van der Waals surface area contributed by atoms with Crippen molar-refractivity contribution in [3.8, 4) is 0 Å². The van der Waals surface area contributed by atoms with E-state index in [9.17, 15) is 9.18 Å². The number of anilines is 1. The van der Waals surface area contributed by atoms with Crippen LogP contribution in [0.3, 0.4) is 0 Å². The standard InChI is InChI=1S/C8H5BrCl2FNO/c9-8-5(11)1-4(2-6(8)12)13-7(14)3-10/h1-2H,3H2,(H,13,14). The van der Waals surface area contributed by atoms with Gasteiger partial charge in [-0.2, -0.15) is 0 Å². The molecule has 0 atom stereocenters. The molecule has 0 aliphatic heterocycles. The van der Waals surface area contributed by atoms with Crippen molar-refractivity contribution >= 4 is 50.7 Å². The molecule has 0 bridgehead atoms. The molecule has 0 aliphatic carbocycles. The first-order valence-corrected chi connectivity index (χ1v) is 5.25. The number of hydrogen-bond donors (Lipinski definition) is 1. The molecule has 1 amide bonds. The quantitative estimate of drug-likeness (QED) is 0.658. The highest BCUT2D eigenvalue weighted by Gasteiger charge is 2.08. The third kappa shape index (κ3) is 2.83. The van der Waals surface area contributed by atoms with Crippen LogP contribution in [-0.2, 0) is 4.79 Å². The number of hydrogen-bond acceptors (Lipinski definition) is 1. The Hall–Kier alpha value is -0.320. The molecular formula is C8H5BrCl2FNO. The summed E-state index contributed by atoms with van der Waals surface area (Å²) in [5.41, 5.74) is 0.279. The molecule has 0 spiro atoms. The lowest BCUT2D eigenvalue weighted by molar-refractivity contribution is -0.113. The van der Waals surface area contributed by atoms with Crippen molar-refractivity contribution in [1.29, 1.82) is 0 Å². The van der Waals surface area contributed by atoms with Gasteiger partial charge in [-0.15, -0.1) is 11.6 Å². The normalized spacial score (nSPS) is 10.0. The van der Waals surface area contributed by atoms with Crippen LogP contribution in [0.15, 0.2) is 16.6 Å². The number of amides is 1. The first-order chi connectivity index (χ1) is 6.54. The summed E-state index contributed by atoms with van der Waals surface area (Å²) in [5.74, 6) is -1.14. The fraction of sp³-hybridized carbons (Fsp3) is 0.125. The maximum absolute atomic E-state index is 13.1. The summed E-state index contributed by atoms with van der Waals surface area (Å²) in [6.07, 6.45) is 0. The monoisotopic (exact) mass is 299 g/mol. The molecule has 0 aromatic heterocycles. The maximum atomic E-state index is 13.1. The Kier molecular flexibility index (Phi) is 4.16. The van der Waals surface area contributed by atoms with Crippen LogP contribution in [-0.4, -0.2) is 11.8 Å². The molecule has 76 valence electrons. The van der Waals surface area contributed by atoms with E-state index in [1.165, 1.54) is 6.07 Å². The fourth-order valence-electron chi connectivity index (χ4n) is 0.822. The summed E-state index contributed by atoms with van der Waals surface area (Å²) < 4.78 is 13.2. The van der Waals surface area contributed by atoms with Gasteiger partial charge in [0.05, 0.1) is 9.50 Å². The predicted octanol–water partition coefficient (Wildman–Crippen LogP) is 3.42. The van der Waals surface area contributed by atoms with Gasteiger partial charge in [-0.25, -0.2) is 4.39 Å². The molecule has 6 heteroatoms. The number of alkyl halides is 1. The van der Waals surface area contributed by atoms with Gasteiger partial charge in [0.25, 0.3) is 0 Å². The number of nitrogens with one attached hydrogen (secondary N) is 1. The second kappa shape index (κ2) is 4.96. The molecular weight excluding hydrogens is 296 g/mol. The van der Waals surface area contributed by atoms with Gasteiger partial charge in [0.1, 0.15) is 11.7 Å². The predicted molar refractivity (Wildman–Crippen MR) is 58.5 cm³/mol. The number of rotatable bonds is 2. The fourth-order valence-corrected chi connectivity index (χ4v) is 1.33. The van der Waals surface area contributed by atoms with E-state index in [1.54, 1.807) is 0 Å². The van der Waals surface area contributed by atoms with E-state index in [4.69, 9.17) is 23.2 Å². The molecule has 0 aliphatic rings. The Morgan fingerprint density at radius 1 is 1.57 bits per heavy atom. The molecule has 0 heterocycles. The molecule has 0 fully saturated rings. The van der Waals surface area contributed by atoms with Gasteiger partial charge >= 0.3 is 0 Å². The van der Waals surface area contributed by atoms with Crippen LogP contribution in [0, 0.1) is 5.82 Å². The van der Waals surface area contributed by atoms with Gasteiger partial charge in [0, 0.05) is 5.69 Å². The van der Waals surface area contributed by atoms with Crippen molar-refractivity contribution < 1.29 is 9.18 Å². The van der Waals surface area contributed by atoms with Crippen LogP contribution in [0.2, 0.25) is 5.02 Å². The van der Waals surface area contributed by atoms with Crippen LogP contribution >= 0.6 is 39.1 Å². The number of carbonyl (C=O) groups excluding carboxylic acids is 1. The molecule has 0 saturated carbocycles. The minimum atomic E-state index is -0.539. The zero-order valence-electron chi connectivity index (χ0n) is 6.78. The Bertz CT molecular complexity index is 349. The van der Waals surface area contributed by atoms with Gasteiger partial charge < -0.3 is 5.32 Å². The van der Waals surface area contributed by atoms with Crippen molar-refractivity contribution in [2.75, 3.05) is 11.2 Å². The summed E-state index contributed by atoms with van der Waals surface area (Å²) in [6.45, 7) is 0. The second-order valence-electron chi connectivity index (χ2n) is 2.44. The molecule has 0 unspecified atom stereocenters. The zero-order chi connectivity index (χ0) is 10.7. The van der Waals surface area contributed by atoms with Crippen molar-refractivity contribution in [3.05, 3.63) is 27.4 Å². The third-order valence-corrected chi connectivity index (χ3v) is 2.96. The molecule has 1 rings (SSSR count). The highest BCUT2D eigenvalue weighted by Crippen LogP contribution is 2.28. The Morgan fingerprint density at radius 3 is 2.71 bits per heavy atom. The zero-order valence-corrected chi connectivity index (χ0v) is 9.88. The molecule has 1 aromatic rings. The minimum absolute atomic E-state index is 0.169. The van der Waals surface area contributed by atoms with Crippen LogP contribution in [0.1, 0.15) is 0 Å². The van der Waals surface area contributed by atoms with Crippen molar-refractivity contribution in [3.63, 3.8) is 0 Å². The summed E-state index contributed by atoms with van der Waals surface area (Å²) in [6, 6.07) is 2.58. The van der Waals surface area contributed by atoms with Gasteiger partial charge in [-0.05, 0) is 28.1 Å². The van der Waals surface area contributed by atoms with E-state index in [0.29, 0.717) is 0 Å². The Balaban J connectivity index is 2.95. The van der Waals surface area contributed by atoms with Crippen molar-refractivity contribution in [2.45, 2.75) is 0 Å². The lowest BCUT2D eigenvalue weighted by atomic mass is 10.3. The van der Waals surface area contributed by atoms with Crippen LogP contribution < -0.4 is 5.32 Å². The third-order valence-electron chi connectivity index (χ3n) is 1.39. The Morgan fingerprint density at radius 2 is 2.21 bits per heavy atom. The molecule has 0 radical (unpaired) electrons. The maximum Gasteiger partial charge on any atom is 0.239 e. The largest absolute Gasteiger partial charge is 0.325 e. The molecule has 1 aromatic carbocycles. The number of benzene rings is 1. The van der Waals surface area contributed by atoms with Gasteiger partial charge in [0.15, 0.2) is 0 Å². The lowest BCUT2D eigenvalue weighted by Gasteiger charge is -2.05. The van der Waals surface area contributed by atoms with E-state index in [1.807, 2.05) is 0 Å². The summed E-state index contributed by atoms with van der Waals surface area (Å²) in [5, 5.41) is 2.57. The van der Waals surface area contributed by atoms with E-state index >= 15 is 0 Å². The van der Waals surface area contributed by atoms with Crippen LogP contribution in [0.5, 0.6) is 0 Å². The SMILES string of the molecule is O=C(CCl)Nc1cc(F)c(Br)c(Cl)c1. The summed E-state index contributed by atoms with van der Waals surface area (Å²) >= 11 is 13.9. The molecule has 2 nitrogen and oxygen atoms in total. The van der Waals surface area contributed by atoms with Crippen LogP contribution in [0.4, 0.5) is 10.1 Å². The Labute approximate surface area is 98.5 Å².